The Balaban J connectivity index is 0. The van der Waals surface area contributed by atoms with Crippen LogP contribution in [0.1, 0.15) is 6.92 Å². The summed E-state index contributed by atoms with van der Waals surface area (Å²) in [6, 6.07) is 0. The molecule has 0 radical (unpaired) electrons. The molecule has 38 valence electrons. The van der Waals surface area contributed by atoms with Crippen LogP contribution in [0.2, 0.25) is 0 Å². The van der Waals surface area contributed by atoms with Gasteiger partial charge in [-0.25, -0.2) is 0 Å². The zero-order valence-electron chi connectivity index (χ0n) is 4.18. The van der Waals surface area contributed by atoms with Gasteiger partial charge in [0.15, 0.2) is 0 Å². The average Bonchev–Trinajstić information content (AvgIpc) is 1.36. The van der Waals surface area contributed by atoms with Crippen molar-refractivity contribution in [3.8, 4) is 0 Å². The molecule has 0 amide bonds. The molecule has 0 rings (SSSR count). The van der Waals surface area contributed by atoms with Crippen LogP contribution in [-0.2, 0) is 11.1 Å². The maximum absolute atomic E-state index is 9.57. The predicted octanol–water partition coefficient (Wildman–Crippen LogP) is -2.55. The van der Waals surface area contributed by atoms with E-state index >= 15 is 0 Å². The van der Waals surface area contributed by atoms with E-state index in [2.05, 4.69) is 0 Å². The molecule has 0 bridgehead atoms. The van der Waals surface area contributed by atoms with Crippen LogP contribution in [0.25, 0.3) is 0 Å². The van der Waals surface area contributed by atoms with E-state index in [9.17, 15) is 8.76 Å². The van der Waals surface area contributed by atoms with Crippen LogP contribution in [0.3, 0.4) is 0 Å². The molecule has 0 aromatic heterocycles. The van der Waals surface area contributed by atoms with Crippen molar-refractivity contribution in [2.45, 2.75) is 11.6 Å². The molecule has 0 aliphatic heterocycles. The summed E-state index contributed by atoms with van der Waals surface area (Å²) in [6.07, 6.45) is 0. The van der Waals surface area contributed by atoms with Gasteiger partial charge >= 0.3 is 29.6 Å². The van der Waals surface area contributed by atoms with Gasteiger partial charge in [-0.2, -0.15) is 0 Å². The molecule has 0 heterocycles. The molecule has 7 heavy (non-hydrogen) atoms. The maximum atomic E-state index is 9.57. The first-order valence-corrected chi connectivity index (χ1v) is 2.94. The van der Waals surface area contributed by atoms with Gasteiger partial charge < -0.3 is 4.55 Å². The molecule has 2 nitrogen and oxygen atoms in total. The molecule has 0 aromatic carbocycles. The van der Waals surface area contributed by atoms with Crippen molar-refractivity contribution in [2.75, 3.05) is 0 Å². The fraction of sp³-hybridized carbons (Fsp3) is 1.00. The Kier molecular flexibility index (Phi) is 8.88. The van der Waals surface area contributed by atoms with Gasteiger partial charge in [0.25, 0.3) is 0 Å². The van der Waals surface area contributed by atoms with Crippen LogP contribution in [0.5, 0.6) is 0 Å². The molecule has 0 N–H and O–H groups in total. The van der Waals surface area contributed by atoms with Crippen LogP contribution in [-0.4, -0.2) is 13.5 Å². The van der Waals surface area contributed by atoms with E-state index in [0.29, 0.717) is 0 Å². The SMILES string of the molecule is CC(Cl)S(=O)[O-].[Na+]. The normalized spacial score (nSPS) is 17.0. The zero-order chi connectivity index (χ0) is 5.15. The van der Waals surface area contributed by atoms with Crippen molar-refractivity contribution < 1.29 is 38.3 Å². The summed E-state index contributed by atoms with van der Waals surface area (Å²) < 4.78 is 18.4. The summed E-state index contributed by atoms with van der Waals surface area (Å²) in [5, 5.41) is 0. The smallest absolute Gasteiger partial charge is 0.771 e. The van der Waals surface area contributed by atoms with Gasteiger partial charge in [0.2, 0.25) is 0 Å². The van der Waals surface area contributed by atoms with Crippen LogP contribution in [0, 0.1) is 0 Å². The second kappa shape index (κ2) is 5.54. The van der Waals surface area contributed by atoms with E-state index in [4.69, 9.17) is 11.6 Å². The average molecular weight is 151 g/mol. The van der Waals surface area contributed by atoms with Gasteiger partial charge in [0.1, 0.15) is 0 Å². The maximum Gasteiger partial charge on any atom is 1.00 e. The summed E-state index contributed by atoms with van der Waals surface area (Å²) in [7, 11) is 0. The Morgan fingerprint density at radius 1 is 1.86 bits per heavy atom. The summed E-state index contributed by atoms with van der Waals surface area (Å²) in [5.74, 6) is 0. The van der Waals surface area contributed by atoms with Crippen LogP contribution < -0.4 is 29.6 Å². The number of alkyl halides is 1. The van der Waals surface area contributed by atoms with Crippen LogP contribution in [0.4, 0.5) is 0 Å². The number of halogens is 1. The van der Waals surface area contributed by atoms with Crippen molar-refractivity contribution in [1.29, 1.82) is 0 Å². The summed E-state index contributed by atoms with van der Waals surface area (Å²) in [6.45, 7) is 1.39. The van der Waals surface area contributed by atoms with Crippen LogP contribution in [0.15, 0.2) is 0 Å². The molecule has 0 fully saturated rings. The fourth-order valence-electron chi connectivity index (χ4n) is 0. The summed E-state index contributed by atoms with van der Waals surface area (Å²) in [4.78, 5) is 0. The molecule has 2 unspecified atom stereocenters. The van der Waals surface area contributed by atoms with Crippen molar-refractivity contribution >= 4 is 22.7 Å². The Labute approximate surface area is 72.2 Å². The van der Waals surface area contributed by atoms with E-state index < -0.39 is 15.8 Å². The third-order valence-electron chi connectivity index (χ3n) is 0.265. The third kappa shape index (κ3) is 7.40. The van der Waals surface area contributed by atoms with Crippen molar-refractivity contribution in [3.05, 3.63) is 0 Å². The number of hydrogen-bond donors (Lipinski definition) is 0. The van der Waals surface area contributed by atoms with Gasteiger partial charge in [-0.15, -0.1) is 11.6 Å². The van der Waals surface area contributed by atoms with Gasteiger partial charge in [-0.1, -0.05) is 0 Å². The van der Waals surface area contributed by atoms with E-state index in [1.165, 1.54) is 6.92 Å². The third-order valence-corrected chi connectivity index (χ3v) is 1.23. The zero-order valence-corrected chi connectivity index (χ0v) is 7.75. The van der Waals surface area contributed by atoms with E-state index in [1.54, 1.807) is 0 Å². The Bertz CT molecular complexity index is 66.7. The molecular weight excluding hydrogens is 147 g/mol. The molecule has 0 aliphatic rings. The quantitative estimate of drug-likeness (QED) is 0.235. The largest absolute Gasteiger partial charge is 1.00 e. The fourth-order valence-corrected chi connectivity index (χ4v) is 0. The molecule has 0 spiro atoms. The molecular formula is C2H4ClNaO2S. The van der Waals surface area contributed by atoms with E-state index in [0.717, 1.165) is 0 Å². The first-order chi connectivity index (χ1) is 2.64. The van der Waals surface area contributed by atoms with Gasteiger partial charge in [0, 0.05) is 0 Å². The Morgan fingerprint density at radius 3 is 2.00 bits per heavy atom. The topological polar surface area (TPSA) is 40.1 Å². The van der Waals surface area contributed by atoms with Crippen molar-refractivity contribution in [3.63, 3.8) is 0 Å². The summed E-state index contributed by atoms with van der Waals surface area (Å²) in [5.41, 5.74) is 0. The number of hydrogen-bond acceptors (Lipinski definition) is 2. The monoisotopic (exact) mass is 150 g/mol. The molecule has 0 aromatic rings. The molecule has 0 aliphatic carbocycles. The molecule has 0 saturated carbocycles. The minimum atomic E-state index is -2.10. The Hall–Kier alpha value is 1.40. The second-order valence-electron chi connectivity index (χ2n) is 0.803. The first-order valence-electron chi connectivity index (χ1n) is 1.36. The van der Waals surface area contributed by atoms with E-state index in [-0.39, 0.29) is 29.6 Å². The van der Waals surface area contributed by atoms with Crippen LogP contribution >= 0.6 is 11.6 Å². The standard InChI is InChI=1S/C2H5ClO2S.Na/c1-2(3)6(4)5;/h2H,1H3,(H,4,5);/q;+1/p-1. The number of rotatable bonds is 1. The van der Waals surface area contributed by atoms with Crippen molar-refractivity contribution in [2.24, 2.45) is 0 Å². The predicted molar refractivity (Wildman–Crippen MR) is 24.2 cm³/mol. The first kappa shape index (κ1) is 11.2. The Morgan fingerprint density at radius 2 is 2.00 bits per heavy atom. The van der Waals surface area contributed by atoms with Crippen molar-refractivity contribution in [1.82, 2.24) is 0 Å². The second-order valence-corrected chi connectivity index (χ2v) is 2.95. The minimum absolute atomic E-state index is 0. The minimum Gasteiger partial charge on any atom is -0.771 e. The van der Waals surface area contributed by atoms with Gasteiger partial charge in [-0.05, 0) is 18.0 Å². The van der Waals surface area contributed by atoms with E-state index in [1.807, 2.05) is 0 Å². The molecule has 0 saturated heterocycles. The molecule has 2 atom stereocenters. The van der Waals surface area contributed by atoms with Gasteiger partial charge in [0.05, 0.1) is 4.71 Å². The summed E-state index contributed by atoms with van der Waals surface area (Å²) >= 11 is 2.90. The molecule has 5 heteroatoms. The van der Waals surface area contributed by atoms with Gasteiger partial charge in [-0.3, -0.25) is 4.21 Å².